The van der Waals surface area contributed by atoms with Crippen LogP contribution in [0.15, 0.2) is 77.7 Å². The van der Waals surface area contributed by atoms with Crippen molar-refractivity contribution in [2.45, 2.75) is 18.2 Å². The van der Waals surface area contributed by atoms with Crippen LogP contribution in [0.3, 0.4) is 0 Å². The van der Waals surface area contributed by atoms with E-state index in [9.17, 15) is 18.5 Å². The molecule has 0 atom stereocenters. The number of nitrogens with zero attached hydrogens (tertiary/aromatic N) is 2. The van der Waals surface area contributed by atoms with E-state index < -0.39 is 14.9 Å². The van der Waals surface area contributed by atoms with Gasteiger partial charge in [-0.15, -0.1) is 0 Å². The van der Waals surface area contributed by atoms with Gasteiger partial charge in [0.05, 0.1) is 15.5 Å². The molecule has 1 radical (unpaired) electrons. The van der Waals surface area contributed by atoms with Gasteiger partial charge in [0.15, 0.2) is 0 Å². The highest BCUT2D eigenvalue weighted by molar-refractivity contribution is 7.89. The molecule has 3 aromatic carbocycles. The van der Waals surface area contributed by atoms with Gasteiger partial charge in [-0.3, -0.25) is 10.1 Å². The van der Waals surface area contributed by atoms with Crippen LogP contribution in [0.1, 0.15) is 11.3 Å². The van der Waals surface area contributed by atoms with Gasteiger partial charge in [0.25, 0.3) is 5.69 Å². The van der Waals surface area contributed by atoms with E-state index in [0.29, 0.717) is 22.7 Å². The maximum atomic E-state index is 11.7. The molecule has 173 valence electrons. The van der Waals surface area contributed by atoms with E-state index in [2.05, 4.69) is 6.92 Å². The Morgan fingerprint density at radius 3 is 2.24 bits per heavy atom. The SMILES string of the molecule is [CH2]Cc1c(-c2cccc([N+](=O)[O-])c2)c(-c2ccc(Cl)cc2)n(-c2ccc(S(N)(=O)=O)cc2)c1C. The molecule has 2 N–H and O–H groups in total. The van der Waals surface area contributed by atoms with Crippen LogP contribution in [-0.4, -0.2) is 17.9 Å². The Labute approximate surface area is 202 Å². The number of hydrogen-bond donors (Lipinski definition) is 1. The van der Waals surface area contributed by atoms with Crippen LogP contribution in [0.25, 0.3) is 28.1 Å². The summed E-state index contributed by atoms with van der Waals surface area (Å²) >= 11 is 6.13. The third kappa shape index (κ3) is 4.35. The van der Waals surface area contributed by atoms with Gasteiger partial charge < -0.3 is 4.57 Å². The second-order valence-corrected chi connectivity index (χ2v) is 9.72. The summed E-state index contributed by atoms with van der Waals surface area (Å²) in [6.07, 6.45) is 0.437. The third-order valence-electron chi connectivity index (χ3n) is 5.67. The van der Waals surface area contributed by atoms with Gasteiger partial charge in [-0.1, -0.05) is 35.9 Å². The van der Waals surface area contributed by atoms with Gasteiger partial charge in [0, 0.05) is 34.1 Å². The smallest absolute Gasteiger partial charge is 0.270 e. The van der Waals surface area contributed by atoms with Crippen molar-refractivity contribution in [3.8, 4) is 28.1 Å². The van der Waals surface area contributed by atoms with Crippen LogP contribution in [0.2, 0.25) is 5.02 Å². The number of halogens is 1. The van der Waals surface area contributed by atoms with Crippen LogP contribution in [0.5, 0.6) is 0 Å². The quantitative estimate of drug-likeness (QED) is 0.273. The van der Waals surface area contributed by atoms with Gasteiger partial charge in [-0.25, -0.2) is 13.6 Å². The number of non-ortho nitro benzene ring substituents is 1. The molecule has 4 aromatic rings. The lowest BCUT2D eigenvalue weighted by Gasteiger charge is -2.14. The van der Waals surface area contributed by atoms with Crippen molar-refractivity contribution in [1.82, 2.24) is 4.57 Å². The minimum absolute atomic E-state index is 0.00499. The van der Waals surface area contributed by atoms with Crippen molar-refractivity contribution < 1.29 is 13.3 Å². The normalized spacial score (nSPS) is 11.5. The first-order valence-electron chi connectivity index (χ1n) is 10.3. The first-order chi connectivity index (χ1) is 16.1. The van der Waals surface area contributed by atoms with Crippen LogP contribution in [-0.2, 0) is 16.4 Å². The molecule has 0 aliphatic carbocycles. The number of rotatable bonds is 6. The van der Waals surface area contributed by atoms with Gasteiger partial charge in [-0.2, -0.15) is 0 Å². The van der Waals surface area contributed by atoms with Crippen molar-refractivity contribution in [2.75, 3.05) is 0 Å². The molecule has 1 heterocycles. The summed E-state index contributed by atoms with van der Waals surface area (Å²) in [4.78, 5) is 11.0. The van der Waals surface area contributed by atoms with Crippen molar-refractivity contribution in [2.24, 2.45) is 5.14 Å². The second-order valence-electron chi connectivity index (χ2n) is 7.73. The fourth-order valence-electron chi connectivity index (χ4n) is 4.12. The van der Waals surface area contributed by atoms with Crippen LogP contribution < -0.4 is 5.14 Å². The van der Waals surface area contributed by atoms with Crippen LogP contribution >= 0.6 is 11.6 Å². The number of nitro groups is 1. The molecule has 34 heavy (non-hydrogen) atoms. The molecule has 0 spiro atoms. The molecule has 0 amide bonds. The summed E-state index contributed by atoms with van der Waals surface area (Å²) in [6, 6.07) is 20.0. The van der Waals surface area contributed by atoms with E-state index in [1.54, 1.807) is 36.4 Å². The number of hydrogen-bond acceptors (Lipinski definition) is 4. The predicted molar refractivity (Wildman–Crippen MR) is 133 cm³/mol. The van der Waals surface area contributed by atoms with Gasteiger partial charge in [-0.05, 0) is 73.4 Å². The van der Waals surface area contributed by atoms with Gasteiger partial charge in [0.2, 0.25) is 10.0 Å². The van der Waals surface area contributed by atoms with E-state index in [-0.39, 0.29) is 10.6 Å². The minimum atomic E-state index is -3.84. The summed E-state index contributed by atoms with van der Waals surface area (Å²) in [5.41, 5.74) is 5.61. The largest absolute Gasteiger partial charge is 0.313 e. The number of benzene rings is 3. The molecule has 0 aliphatic heterocycles. The zero-order valence-electron chi connectivity index (χ0n) is 18.2. The van der Waals surface area contributed by atoms with E-state index in [0.717, 1.165) is 28.1 Å². The summed E-state index contributed by atoms with van der Waals surface area (Å²) in [5.74, 6) is 0. The Morgan fingerprint density at radius 2 is 1.68 bits per heavy atom. The Bertz CT molecular complexity index is 1490. The highest BCUT2D eigenvalue weighted by Gasteiger charge is 2.24. The molecule has 7 nitrogen and oxygen atoms in total. The monoisotopic (exact) mass is 494 g/mol. The molecule has 4 rings (SSSR count). The zero-order valence-corrected chi connectivity index (χ0v) is 19.8. The average molecular weight is 495 g/mol. The number of primary sulfonamides is 1. The van der Waals surface area contributed by atoms with Gasteiger partial charge in [0.1, 0.15) is 0 Å². The number of sulfonamides is 1. The molecule has 9 heteroatoms. The number of nitro benzene ring substituents is 1. The lowest BCUT2D eigenvalue weighted by Crippen LogP contribution is -2.12. The second kappa shape index (κ2) is 9.06. The standard InChI is InChI=1S/C25H21ClN3O4S/c1-3-23-16(2)28(20-11-13-22(14-12-20)34(27,32)33)25(17-7-9-19(26)10-8-17)24(23)18-5-4-6-21(15-18)29(30)31/h4-15H,1,3H2,2H3,(H2,27,32,33). The molecule has 0 bridgehead atoms. The summed E-state index contributed by atoms with van der Waals surface area (Å²) in [5, 5.41) is 17.3. The maximum Gasteiger partial charge on any atom is 0.270 e. The molecule has 0 unspecified atom stereocenters. The van der Waals surface area contributed by atoms with E-state index in [1.807, 2.05) is 29.7 Å². The lowest BCUT2D eigenvalue weighted by atomic mass is 9.95. The molecule has 1 aromatic heterocycles. The molecular weight excluding hydrogens is 474 g/mol. The Hall–Kier alpha value is -3.46. The summed E-state index contributed by atoms with van der Waals surface area (Å²) in [7, 11) is -3.84. The molecule has 0 saturated heterocycles. The number of aromatic nitrogens is 1. The lowest BCUT2D eigenvalue weighted by molar-refractivity contribution is -0.384. The predicted octanol–water partition coefficient (Wildman–Crippen LogP) is 5.71. The summed E-state index contributed by atoms with van der Waals surface area (Å²) in [6.45, 7) is 6.04. The summed E-state index contributed by atoms with van der Waals surface area (Å²) < 4.78 is 25.5. The zero-order chi connectivity index (χ0) is 24.6. The van der Waals surface area contributed by atoms with E-state index in [1.165, 1.54) is 18.2 Å². The van der Waals surface area contributed by atoms with Gasteiger partial charge >= 0.3 is 0 Å². The first-order valence-corrected chi connectivity index (χ1v) is 12.2. The van der Waals surface area contributed by atoms with Crippen LogP contribution in [0.4, 0.5) is 5.69 Å². The van der Waals surface area contributed by atoms with Crippen LogP contribution in [0, 0.1) is 24.0 Å². The minimum Gasteiger partial charge on any atom is -0.313 e. The third-order valence-corrected chi connectivity index (χ3v) is 6.85. The number of nitrogens with two attached hydrogens (primary N) is 1. The fraction of sp³-hybridized carbons (Fsp3) is 0.0800. The molecule has 0 saturated carbocycles. The van der Waals surface area contributed by atoms with E-state index in [4.69, 9.17) is 16.7 Å². The van der Waals surface area contributed by atoms with Crippen molar-refractivity contribution >= 4 is 27.3 Å². The molecular formula is C25H21ClN3O4S. The highest BCUT2D eigenvalue weighted by Crippen LogP contribution is 2.42. The van der Waals surface area contributed by atoms with Crippen molar-refractivity contribution in [3.05, 3.63) is 106 Å². The fourth-order valence-corrected chi connectivity index (χ4v) is 4.76. The highest BCUT2D eigenvalue weighted by atomic mass is 35.5. The Kier molecular flexibility index (Phi) is 6.31. The Balaban J connectivity index is 2.07. The maximum absolute atomic E-state index is 11.7. The topological polar surface area (TPSA) is 108 Å². The molecule has 0 aliphatic rings. The molecule has 0 fully saturated rings. The van der Waals surface area contributed by atoms with Crippen molar-refractivity contribution in [3.63, 3.8) is 0 Å². The Morgan fingerprint density at radius 1 is 1.03 bits per heavy atom. The van der Waals surface area contributed by atoms with Crippen molar-refractivity contribution in [1.29, 1.82) is 0 Å². The average Bonchev–Trinajstić information content (AvgIpc) is 3.11. The first kappa shape index (κ1) is 23.7. The van der Waals surface area contributed by atoms with E-state index >= 15 is 0 Å².